The Morgan fingerprint density at radius 2 is 0.630 bits per heavy atom. The van der Waals surface area contributed by atoms with Crippen LogP contribution in [0.1, 0.15) is 194 Å². The Balaban J connectivity index is 1.92. The molecule has 0 saturated heterocycles. The lowest BCUT2D eigenvalue weighted by Crippen LogP contribution is -2.13. The van der Waals surface area contributed by atoms with E-state index in [0.29, 0.717) is 64.4 Å². The summed E-state index contributed by atoms with van der Waals surface area (Å²) in [5.74, 6) is 1.42. The zero-order valence-electron chi connectivity index (χ0n) is 36.1. The predicted molar refractivity (Wildman–Crippen MR) is 231 cm³/mol. The van der Waals surface area contributed by atoms with Crippen molar-refractivity contribution >= 4 is 5.69 Å². The van der Waals surface area contributed by atoms with Gasteiger partial charge in [0.05, 0.1) is 39.6 Å². The van der Waals surface area contributed by atoms with Crippen LogP contribution in [0.4, 0.5) is 5.69 Å². The molecule has 7 nitrogen and oxygen atoms in total. The molecule has 0 spiro atoms. The van der Waals surface area contributed by atoms with Crippen LogP contribution in [0.25, 0.3) is 0 Å². The molecule has 0 aromatic heterocycles. The molecule has 0 atom stereocenters. The smallest absolute Gasteiger partial charge is 0.163 e. The number of anilines is 1. The molecule has 7 heteroatoms. The molecule has 1 rings (SSSR count). The molecule has 54 heavy (non-hydrogen) atoms. The number of benzene rings is 1. The first-order chi connectivity index (χ1) is 26.8. The van der Waals surface area contributed by atoms with Crippen molar-refractivity contribution < 1.29 is 28.4 Å². The Bertz CT molecular complexity index is 871. The van der Waals surface area contributed by atoms with Gasteiger partial charge in [0, 0.05) is 32.0 Å². The van der Waals surface area contributed by atoms with Gasteiger partial charge in [-0.3, -0.25) is 0 Å². The van der Waals surface area contributed by atoms with E-state index in [2.05, 4.69) is 19.2 Å². The van der Waals surface area contributed by atoms with E-state index >= 15 is 0 Å². The highest BCUT2D eigenvalue weighted by Crippen LogP contribution is 2.30. The third-order valence-corrected chi connectivity index (χ3v) is 10.2. The first-order valence-electron chi connectivity index (χ1n) is 23.2. The summed E-state index contributed by atoms with van der Waals surface area (Å²) in [7, 11) is 1.90. The SMILES string of the molecule is CCCCCCCCCCCCCCCCOCCOCCOc1ccc(NC)cc1OCCOCCOCCCCCCCCCCCCCCCC. The fourth-order valence-corrected chi connectivity index (χ4v) is 6.76. The average Bonchev–Trinajstić information content (AvgIpc) is 3.19. The number of hydrogen-bond acceptors (Lipinski definition) is 7. The van der Waals surface area contributed by atoms with Gasteiger partial charge in [-0.1, -0.05) is 181 Å². The number of unbranched alkanes of at least 4 members (excludes halogenated alkanes) is 26. The molecule has 1 aromatic rings. The monoisotopic (exact) mass is 764 g/mol. The van der Waals surface area contributed by atoms with Crippen LogP contribution in [0.3, 0.4) is 0 Å². The van der Waals surface area contributed by atoms with Gasteiger partial charge in [-0.2, -0.15) is 0 Å². The minimum atomic E-state index is 0.454. The van der Waals surface area contributed by atoms with Crippen molar-refractivity contribution in [3.63, 3.8) is 0 Å². The van der Waals surface area contributed by atoms with E-state index in [4.69, 9.17) is 28.4 Å². The number of nitrogens with one attached hydrogen (secondary N) is 1. The summed E-state index contributed by atoms with van der Waals surface area (Å²) in [4.78, 5) is 0. The second kappa shape index (κ2) is 42.6. The van der Waals surface area contributed by atoms with Crippen LogP contribution in [-0.2, 0) is 18.9 Å². The predicted octanol–water partition coefficient (Wildman–Crippen LogP) is 13.5. The highest BCUT2D eigenvalue weighted by atomic mass is 16.6. The minimum absolute atomic E-state index is 0.454. The molecule has 0 aliphatic heterocycles. The molecule has 0 aliphatic carbocycles. The van der Waals surface area contributed by atoms with Gasteiger partial charge < -0.3 is 33.7 Å². The molecule has 0 unspecified atom stereocenters. The maximum absolute atomic E-state index is 6.02. The molecular formula is C47H89NO6. The van der Waals surface area contributed by atoms with Gasteiger partial charge in [0.2, 0.25) is 0 Å². The molecule has 0 bridgehead atoms. The van der Waals surface area contributed by atoms with Crippen molar-refractivity contribution in [3.8, 4) is 11.5 Å². The summed E-state index contributed by atoms with van der Waals surface area (Å²) >= 11 is 0. The van der Waals surface area contributed by atoms with Gasteiger partial charge in [0.1, 0.15) is 13.2 Å². The van der Waals surface area contributed by atoms with Gasteiger partial charge in [-0.15, -0.1) is 0 Å². The molecular weight excluding hydrogens is 675 g/mol. The lowest BCUT2D eigenvalue weighted by molar-refractivity contribution is 0.0320. The molecule has 0 heterocycles. The third kappa shape index (κ3) is 34.9. The Labute approximate surface area is 335 Å². The molecule has 0 radical (unpaired) electrons. The molecule has 0 amide bonds. The standard InChI is InChI=1S/C47H89NO6/c1-4-6-8-10-12-14-16-18-20-22-24-26-28-30-34-49-36-38-51-40-42-53-46-33-32-45(48-3)44-47(46)54-43-41-52-39-37-50-35-31-29-27-25-23-21-19-17-15-13-11-9-7-5-2/h32-33,44,48H,4-31,34-43H2,1-3H3. The Morgan fingerprint density at radius 1 is 0.333 bits per heavy atom. The highest BCUT2D eigenvalue weighted by molar-refractivity contribution is 5.54. The van der Waals surface area contributed by atoms with Crippen LogP contribution >= 0.6 is 0 Å². The zero-order chi connectivity index (χ0) is 38.7. The largest absolute Gasteiger partial charge is 0.487 e. The first kappa shape index (κ1) is 50.5. The van der Waals surface area contributed by atoms with Gasteiger partial charge in [0.15, 0.2) is 11.5 Å². The topological polar surface area (TPSA) is 67.4 Å². The minimum Gasteiger partial charge on any atom is -0.487 e. The van der Waals surface area contributed by atoms with Gasteiger partial charge >= 0.3 is 0 Å². The van der Waals surface area contributed by atoms with Crippen LogP contribution in [0.15, 0.2) is 18.2 Å². The Kier molecular flexibility index (Phi) is 39.8. The van der Waals surface area contributed by atoms with Crippen LogP contribution in [0.5, 0.6) is 11.5 Å². The second-order valence-electron chi connectivity index (χ2n) is 15.3. The van der Waals surface area contributed by atoms with Crippen LogP contribution in [-0.4, -0.2) is 73.1 Å². The van der Waals surface area contributed by atoms with Gasteiger partial charge in [-0.25, -0.2) is 0 Å². The van der Waals surface area contributed by atoms with Crippen LogP contribution in [0, 0.1) is 0 Å². The quantitative estimate of drug-likeness (QED) is 0.0663. The zero-order valence-corrected chi connectivity index (χ0v) is 36.1. The summed E-state index contributed by atoms with van der Waals surface area (Å²) in [6.45, 7) is 10.6. The van der Waals surface area contributed by atoms with E-state index in [1.807, 2.05) is 25.2 Å². The van der Waals surface area contributed by atoms with Crippen molar-refractivity contribution in [1.82, 2.24) is 0 Å². The van der Waals surface area contributed by atoms with Crippen molar-refractivity contribution in [3.05, 3.63) is 18.2 Å². The van der Waals surface area contributed by atoms with Crippen molar-refractivity contribution in [2.75, 3.05) is 78.4 Å². The number of rotatable bonds is 45. The first-order valence-corrected chi connectivity index (χ1v) is 23.2. The highest BCUT2D eigenvalue weighted by Gasteiger charge is 2.07. The van der Waals surface area contributed by atoms with E-state index in [1.54, 1.807) is 0 Å². The second-order valence-corrected chi connectivity index (χ2v) is 15.3. The fraction of sp³-hybridized carbons (Fsp3) is 0.872. The maximum atomic E-state index is 6.02. The maximum Gasteiger partial charge on any atom is 0.163 e. The van der Waals surface area contributed by atoms with E-state index in [1.165, 1.54) is 167 Å². The molecule has 0 saturated carbocycles. The average molecular weight is 764 g/mol. The van der Waals surface area contributed by atoms with E-state index in [-0.39, 0.29) is 0 Å². The third-order valence-electron chi connectivity index (χ3n) is 10.2. The lowest BCUT2D eigenvalue weighted by atomic mass is 10.0. The van der Waals surface area contributed by atoms with E-state index in [0.717, 1.165) is 31.7 Å². The molecule has 0 aliphatic rings. The molecule has 0 fully saturated rings. The van der Waals surface area contributed by atoms with Crippen LogP contribution in [0.2, 0.25) is 0 Å². The summed E-state index contributed by atoms with van der Waals surface area (Å²) in [5.41, 5.74) is 0.974. The summed E-state index contributed by atoms with van der Waals surface area (Å²) in [6, 6.07) is 5.88. The van der Waals surface area contributed by atoms with E-state index in [9.17, 15) is 0 Å². The number of hydrogen-bond donors (Lipinski definition) is 1. The normalized spacial score (nSPS) is 11.4. The van der Waals surface area contributed by atoms with Crippen molar-refractivity contribution in [2.45, 2.75) is 194 Å². The molecule has 1 aromatic carbocycles. The molecule has 318 valence electrons. The van der Waals surface area contributed by atoms with Crippen LogP contribution < -0.4 is 14.8 Å². The summed E-state index contributed by atoms with van der Waals surface area (Å²) in [5, 5.41) is 3.17. The molecule has 1 N–H and O–H groups in total. The van der Waals surface area contributed by atoms with Gasteiger partial charge in [0.25, 0.3) is 0 Å². The van der Waals surface area contributed by atoms with Crippen molar-refractivity contribution in [2.24, 2.45) is 0 Å². The lowest BCUT2D eigenvalue weighted by Gasteiger charge is -2.14. The van der Waals surface area contributed by atoms with Gasteiger partial charge in [-0.05, 0) is 25.0 Å². The Hall–Kier alpha value is -1.54. The Morgan fingerprint density at radius 3 is 0.981 bits per heavy atom. The summed E-state index contributed by atoms with van der Waals surface area (Å²) < 4.78 is 35.0. The van der Waals surface area contributed by atoms with E-state index < -0.39 is 0 Å². The van der Waals surface area contributed by atoms with Crippen molar-refractivity contribution in [1.29, 1.82) is 0 Å². The fourth-order valence-electron chi connectivity index (χ4n) is 6.76. The number of ether oxygens (including phenoxy) is 6. The summed E-state index contributed by atoms with van der Waals surface area (Å²) in [6.07, 6.45) is 38.5.